The van der Waals surface area contributed by atoms with Crippen molar-refractivity contribution < 1.29 is 4.74 Å². The highest BCUT2D eigenvalue weighted by molar-refractivity contribution is 6.30. The van der Waals surface area contributed by atoms with Gasteiger partial charge in [-0.15, -0.1) is 0 Å². The lowest BCUT2D eigenvalue weighted by Gasteiger charge is -2.09. The molecule has 0 bridgehead atoms. The van der Waals surface area contributed by atoms with Crippen molar-refractivity contribution >= 4 is 11.6 Å². The third kappa shape index (κ3) is 2.46. The second kappa shape index (κ2) is 5.10. The van der Waals surface area contributed by atoms with Crippen LogP contribution in [0.5, 0.6) is 5.75 Å². The zero-order chi connectivity index (χ0) is 13.1. The van der Waals surface area contributed by atoms with Crippen LogP contribution >= 0.6 is 11.6 Å². The summed E-state index contributed by atoms with van der Waals surface area (Å²) in [4.78, 5) is 25.6. The predicted octanol–water partition coefficient (Wildman–Crippen LogP) is 1.25. The molecule has 1 aromatic heterocycles. The summed E-state index contributed by atoms with van der Waals surface area (Å²) >= 11 is 5.89. The highest BCUT2D eigenvalue weighted by Gasteiger charge is 2.07. The van der Waals surface area contributed by atoms with Crippen molar-refractivity contribution in [3.05, 3.63) is 61.9 Å². The Morgan fingerprint density at radius 2 is 2.11 bits per heavy atom. The molecule has 1 heterocycles. The van der Waals surface area contributed by atoms with E-state index in [2.05, 4.69) is 4.98 Å². The summed E-state index contributed by atoms with van der Waals surface area (Å²) < 4.78 is 6.24. The average Bonchev–Trinajstić information content (AvgIpc) is 2.34. The van der Waals surface area contributed by atoms with Gasteiger partial charge < -0.3 is 9.72 Å². The van der Waals surface area contributed by atoms with Gasteiger partial charge in [0, 0.05) is 22.8 Å². The Kier molecular flexibility index (Phi) is 3.53. The van der Waals surface area contributed by atoms with E-state index in [-0.39, 0.29) is 12.1 Å². The topological polar surface area (TPSA) is 64.1 Å². The quantitative estimate of drug-likeness (QED) is 0.909. The number of halogens is 1. The first kappa shape index (κ1) is 12.4. The van der Waals surface area contributed by atoms with Gasteiger partial charge in [0.1, 0.15) is 5.75 Å². The van der Waals surface area contributed by atoms with E-state index in [1.807, 2.05) is 0 Å². The van der Waals surface area contributed by atoms with Crippen LogP contribution < -0.4 is 16.0 Å². The van der Waals surface area contributed by atoms with E-state index in [4.69, 9.17) is 16.3 Å². The fraction of sp³-hybridized carbons (Fsp3) is 0.167. The Bertz CT molecular complexity index is 647. The first-order chi connectivity index (χ1) is 8.61. The molecule has 2 aromatic rings. The summed E-state index contributed by atoms with van der Waals surface area (Å²) in [6.07, 6.45) is 1.32. The summed E-state index contributed by atoms with van der Waals surface area (Å²) in [5, 5.41) is 0.520. The van der Waals surface area contributed by atoms with E-state index in [1.54, 1.807) is 18.2 Å². The maximum Gasteiger partial charge on any atom is 0.328 e. The van der Waals surface area contributed by atoms with E-state index in [0.717, 1.165) is 4.57 Å². The maximum absolute atomic E-state index is 11.6. The molecule has 0 spiro atoms. The van der Waals surface area contributed by atoms with Gasteiger partial charge in [-0.05, 0) is 18.2 Å². The normalized spacial score (nSPS) is 10.3. The Morgan fingerprint density at radius 1 is 1.33 bits per heavy atom. The van der Waals surface area contributed by atoms with Crippen LogP contribution in [-0.2, 0) is 6.54 Å². The lowest BCUT2D eigenvalue weighted by atomic mass is 10.2. The van der Waals surface area contributed by atoms with Crippen LogP contribution in [0.25, 0.3) is 0 Å². The minimum absolute atomic E-state index is 0.110. The maximum atomic E-state index is 11.6. The van der Waals surface area contributed by atoms with Gasteiger partial charge in [0.25, 0.3) is 5.56 Å². The molecule has 5 nitrogen and oxygen atoms in total. The van der Waals surface area contributed by atoms with Crippen molar-refractivity contribution in [1.29, 1.82) is 0 Å². The molecule has 1 aromatic carbocycles. The molecular formula is C12H11ClN2O3. The van der Waals surface area contributed by atoms with Crippen molar-refractivity contribution in [2.45, 2.75) is 6.54 Å². The van der Waals surface area contributed by atoms with E-state index in [9.17, 15) is 9.59 Å². The minimum atomic E-state index is -0.468. The molecule has 0 saturated carbocycles. The number of aromatic amines is 1. The molecule has 0 aliphatic rings. The smallest absolute Gasteiger partial charge is 0.328 e. The van der Waals surface area contributed by atoms with Gasteiger partial charge in [0.2, 0.25) is 0 Å². The highest BCUT2D eigenvalue weighted by atomic mass is 35.5. The van der Waals surface area contributed by atoms with E-state index < -0.39 is 5.69 Å². The fourth-order valence-corrected chi connectivity index (χ4v) is 1.84. The van der Waals surface area contributed by atoms with Crippen LogP contribution in [0.2, 0.25) is 5.02 Å². The fourth-order valence-electron chi connectivity index (χ4n) is 1.64. The molecule has 0 amide bonds. The standard InChI is InChI=1S/C12H11ClN2O3/c1-18-10-3-2-9(13)6-8(10)7-15-11(16)4-5-14-12(15)17/h2-6H,7H2,1H3,(H,14,17). The van der Waals surface area contributed by atoms with Crippen LogP contribution in [0.15, 0.2) is 40.1 Å². The van der Waals surface area contributed by atoms with Crippen LogP contribution in [-0.4, -0.2) is 16.7 Å². The van der Waals surface area contributed by atoms with Crippen molar-refractivity contribution in [3.8, 4) is 5.75 Å². The van der Waals surface area contributed by atoms with Crippen LogP contribution in [0, 0.1) is 0 Å². The van der Waals surface area contributed by atoms with Gasteiger partial charge in [-0.2, -0.15) is 0 Å². The lowest BCUT2D eigenvalue weighted by molar-refractivity contribution is 0.407. The summed E-state index contributed by atoms with van der Waals surface area (Å²) in [6, 6.07) is 6.33. The number of hydrogen-bond acceptors (Lipinski definition) is 3. The molecule has 0 aliphatic carbocycles. The first-order valence-electron chi connectivity index (χ1n) is 5.23. The first-order valence-corrected chi connectivity index (χ1v) is 5.60. The van der Waals surface area contributed by atoms with Gasteiger partial charge in [-0.25, -0.2) is 4.79 Å². The highest BCUT2D eigenvalue weighted by Crippen LogP contribution is 2.22. The van der Waals surface area contributed by atoms with Gasteiger partial charge in [0.05, 0.1) is 13.7 Å². The Morgan fingerprint density at radius 3 is 2.78 bits per heavy atom. The molecule has 0 radical (unpaired) electrons. The molecule has 0 atom stereocenters. The van der Waals surface area contributed by atoms with Gasteiger partial charge >= 0.3 is 5.69 Å². The summed E-state index contributed by atoms with van der Waals surface area (Å²) in [7, 11) is 1.52. The molecule has 0 aliphatic heterocycles. The number of rotatable bonds is 3. The SMILES string of the molecule is COc1ccc(Cl)cc1Cn1c(=O)cc[nH]c1=O. The van der Waals surface area contributed by atoms with E-state index in [0.29, 0.717) is 16.3 Å². The second-order valence-electron chi connectivity index (χ2n) is 3.66. The molecular weight excluding hydrogens is 256 g/mol. The van der Waals surface area contributed by atoms with Crippen LogP contribution in [0.1, 0.15) is 5.56 Å². The summed E-state index contributed by atoms with van der Waals surface area (Å²) in [6.45, 7) is 0.110. The average molecular weight is 267 g/mol. The van der Waals surface area contributed by atoms with Crippen molar-refractivity contribution in [2.24, 2.45) is 0 Å². The van der Waals surface area contributed by atoms with Gasteiger partial charge in [-0.3, -0.25) is 9.36 Å². The number of hydrogen-bond donors (Lipinski definition) is 1. The number of nitrogens with one attached hydrogen (secondary N) is 1. The van der Waals surface area contributed by atoms with Crippen molar-refractivity contribution in [2.75, 3.05) is 7.11 Å². The zero-order valence-corrected chi connectivity index (χ0v) is 10.4. The molecule has 0 unspecified atom stereocenters. The van der Waals surface area contributed by atoms with Crippen molar-refractivity contribution in [1.82, 2.24) is 9.55 Å². The number of nitrogens with zero attached hydrogens (tertiary/aromatic N) is 1. The second-order valence-corrected chi connectivity index (χ2v) is 4.10. The largest absolute Gasteiger partial charge is 0.496 e. The van der Waals surface area contributed by atoms with Crippen molar-refractivity contribution in [3.63, 3.8) is 0 Å². The zero-order valence-electron chi connectivity index (χ0n) is 9.64. The number of aromatic nitrogens is 2. The molecule has 0 fully saturated rings. The lowest BCUT2D eigenvalue weighted by Crippen LogP contribution is -2.34. The number of methoxy groups -OCH3 is 1. The number of benzene rings is 1. The predicted molar refractivity (Wildman–Crippen MR) is 68.4 cm³/mol. The molecule has 94 valence electrons. The molecule has 1 N–H and O–H groups in total. The third-order valence-corrected chi connectivity index (χ3v) is 2.75. The Labute approximate surface area is 108 Å². The third-order valence-electron chi connectivity index (χ3n) is 2.51. The molecule has 18 heavy (non-hydrogen) atoms. The monoisotopic (exact) mass is 266 g/mol. The molecule has 0 saturated heterocycles. The minimum Gasteiger partial charge on any atom is -0.496 e. The van der Waals surface area contributed by atoms with E-state index >= 15 is 0 Å². The molecule has 6 heteroatoms. The molecule has 2 rings (SSSR count). The summed E-state index contributed by atoms with van der Waals surface area (Å²) in [5.74, 6) is 0.578. The van der Waals surface area contributed by atoms with Crippen LogP contribution in [0.3, 0.4) is 0 Å². The van der Waals surface area contributed by atoms with Crippen LogP contribution in [0.4, 0.5) is 0 Å². The van der Waals surface area contributed by atoms with Gasteiger partial charge in [-0.1, -0.05) is 11.6 Å². The number of ether oxygens (including phenoxy) is 1. The van der Waals surface area contributed by atoms with Gasteiger partial charge in [0.15, 0.2) is 0 Å². The van der Waals surface area contributed by atoms with E-state index in [1.165, 1.54) is 19.4 Å². The Hall–Kier alpha value is -2.01. The number of H-pyrrole nitrogens is 1. The Balaban J connectivity index is 2.49. The summed E-state index contributed by atoms with van der Waals surface area (Å²) in [5.41, 5.74) is -0.172.